The van der Waals surface area contributed by atoms with Crippen molar-refractivity contribution in [2.45, 2.75) is 75.2 Å². The van der Waals surface area contributed by atoms with E-state index < -0.39 is 60.2 Å². The molecule has 7 rings (SSSR count). The second-order valence-electron chi connectivity index (χ2n) is 15.1. The Balaban J connectivity index is 0.919. The molecule has 3 aromatic heterocycles. The smallest absolute Gasteiger partial charge is 0.426 e. The van der Waals surface area contributed by atoms with Crippen molar-refractivity contribution in [3.05, 3.63) is 83.7 Å². The molecule has 21 nitrogen and oxygen atoms in total. The minimum Gasteiger partial charge on any atom is -0.480 e. The number of imidazole rings is 1. The second-order valence-corrected chi connectivity index (χ2v) is 16.2. The summed E-state index contributed by atoms with van der Waals surface area (Å²) in [5, 5.41) is 52.4. The van der Waals surface area contributed by atoms with Crippen molar-refractivity contribution in [1.82, 2.24) is 61.0 Å². The van der Waals surface area contributed by atoms with Crippen LogP contribution in [0.1, 0.15) is 52.8 Å². The maximum Gasteiger partial charge on any atom is 0.426 e. The van der Waals surface area contributed by atoms with Gasteiger partial charge in [-0.1, -0.05) is 36.4 Å². The number of aliphatic hydroxyl groups is 2. The molecule has 2 fully saturated rings. The van der Waals surface area contributed by atoms with Crippen LogP contribution in [0.25, 0.3) is 22.6 Å². The maximum absolute atomic E-state index is 13.8. The number of carbonyl (C=O) groups excluding carboxylic acids is 2. The van der Waals surface area contributed by atoms with Crippen molar-refractivity contribution >= 4 is 46.5 Å². The van der Waals surface area contributed by atoms with Gasteiger partial charge in [0.2, 0.25) is 17.4 Å². The number of amides is 2. The summed E-state index contributed by atoms with van der Waals surface area (Å²) < 4.78 is 48.5. The summed E-state index contributed by atoms with van der Waals surface area (Å²) in [7, 11) is 0. The van der Waals surface area contributed by atoms with Crippen LogP contribution in [0.15, 0.2) is 61.2 Å². The highest BCUT2D eigenvalue weighted by molar-refractivity contribution is 7.99. The van der Waals surface area contributed by atoms with E-state index in [2.05, 4.69) is 56.8 Å². The Kier molecular flexibility index (Phi) is 14.3. The Labute approximate surface area is 366 Å². The average Bonchev–Trinajstić information content (AvgIpc) is 3.94. The zero-order valence-corrected chi connectivity index (χ0v) is 35.0. The third-order valence-corrected chi connectivity index (χ3v) is 11.6. The van der Waals surface area contributed by atoms with Crippen LogP contribution in [0, 0.1) is 6.92 Å². The number of hydrogen-bond donors (Lipinski definition) is 8. The first-order valence-corrected chi connectivity index (χ1v) is 21.2. The SMILES string of the molecule is Cc1nnc(-c2ccc(CN(CC(=O)NCCCCNc3ncnc4c3ncn4C3OC(CSCC[C@H](N)C(=O)O)C(O)C3O)C(=O)c3ccc(C4(C(F)(F)F)NN4)cc3)cc2)nn1. The fourth-order valence-electron chi connectivity index (χ4n) is 6.84. The number of unbranched alkanes of at least 4 members (excludes halogenated alkanes) is 1. The molecular formula is C39H45F3N14O7S. The first-order valence-electron chi connectivity index (χ1n) is 20.0. The standard InChI is InChI=1S/C39H45F3N14O7S/c1-21-49-51-32(52-50-21)23-6-4-22(5-7-23)16-55(35(60)24-8-10-25(11-9-24)38(53-54-38)39(40,41)42)17-28(57)44-13-2-3-14-45-33-29-34(47-19-46-33)56(20-48-29)36-31(59)30(58)27(63-36)18-64-15-12-26(43)37(61)62/h4-11,19-20,26-27,30-31,36,53-54,58-59H,2-3,12-18,43H2,1H3,(H,44,57)(H,61,62)(H,45,46,47)/t26-,27?,30?,31?,36?/m0/s1. The van der Waals surface area contributed by atoms with Crippen molar-refractivity contribution in [2.24, 2.45) is 5.73 Å². The minimum atomic E-state index is -4.62. The monoisotopic (exact) mass is 910 g/mol. The molecule has 9 N–H and O–H groups in total. The molecular weight excluding hydrogens is 866 g/mol. The molecule has 340 valence electrons. The van der Waals surface area contributed by atoms with Crippen LogP contribution in [-0.4, -0.2) is 140 Å². The number of anilines is 1. The van der Waals surface area contributed by atoms with Gasteiger partial charge in [0.1, 0.15) is 31.1 Å². The van der Waals surface area contributed by atoms with Crippen LogP contribution >= 0.6 is 11.8 Å². The molecule has 2 aliphatic heterocycles. The summed E-state index contributed by atoms with van der Waals surface area (Å²) in [5.74, 6) is -0.265. The highest BCUT2D eigenvalue weighted by Gasteiger charge is 2.65. The van der Waals surface area contributed by atoms with E-state index in [1.54, 1.807) is 31.2 Å². The number of ether oxygens (including phenoxy) is 1. The van der Waals surface area contributed by atoms with E-state index >= 15 is 0 Å². The van der Waals surface area contributed by atoms with Crippen LogP contribution in [0.2, 0.25) is 0 Å². The summed E-state index contributed by atoms with van der Waals surface area (Å²) in [5.41, 5.74) is 9.45. The van der Waals surface area contributed by atoms with Gasteiger partial charge >= 0.3 is 12.1 Å². The molecule has 0 bridgehead atoms. The van der Waals surface area contributed by atoms with Crippen molar-refractivity contribution < 1.29 is 47.6 Å². The van der Waals surface area contributed by atoms with Gasteiger partial charge in [-0.15, -0.1) is 20.4 Å². The van der Waals surface area contributed by atoms with E-state index in [0.717, 1.165) is 0 Å². The highest BCUT2D eigenvalue weighted by Crippen LogP contribution is 2.42. The molecule has 0 radical (unpaired) electrons. The van der Waals surface area contributed by atoms with Gasteiger partial charge in [-0.2, -0.15) is 24.9 Å². The molecule has 2 aliphatic rings. The van der Waals surface area contributed by atoms with E-state index in [4.69, 9.17) is 15.6 Å². The zero-order valence-electron chi connectivity index (χ0n) is 34.1. The summed E-state index contributed by atoms with van der Waals surface area (Å²) >= 11 is 1.35. The fraction of sp³-hybridized carbons (Fsp3) is 0.436. The van der Waals surface area contributed by atoms with Gasteiger partial charge in [-0.25, -0.2) is 25.8 Å². The molecule has 0 aliphatic carbocycles. The lowest BCUT2D eigenvalue weighted by atomic mass is 10.0. The molecule has 5 atom stereocenters. The number of aromatic nitrogens is 8. The fourth-order valence-corrected chi connectivity index (χ4v) is 7.94. The topological polar surface area (TPSA) is 313 Å². The predicted octanol–water partition coefficient (Wildman–Crippen LogP) is 1.01. The van der Waals surface area contributed by atoms with E-state index in [-0.39, 0.29) is 37.2 Å². The molecule has 2 saturated heterocycles. The first kappa shape index (κ1) is 46.0. The molecule has 25 heteroatoms. The summed E-state index contributed by atoms with van der Waals surface area (Å²) in [4.78, 5) is 52.4. The number of halogens is 3. The Morgan fingerprint density at radius 2 is 1.69 bits per heavy atom. The second kappa shape index (κ2) is 19.8. The predicted molar refractivity (Wildman–Crippen MR) is 223 cm³/mol. The van der Waals surface area contributed by atoms with Gasteiger partial charge in [-0.05, 0) is 55.2 Å². The molecule has 0 saturated carbocycles. The number of fused-ring (bicyclic) bond motifs is 1. The highest BCUT2D eigenvalue weighted by atomic mass is 32.2. The van der Waals surface area contributed by atoms with Gasteiger partial charge < -0.3 is 41.3 Å². The van der Waals surface area contributed by atoms with Gasteiger partial charge in [0.05, 0.1) is 12.4 Å². The van der Waals surface area contributed by atoms with E-state index in [0.29, 0.717) is 70.6 Å². The van der Waals surface area contributed by atoms with E-state index in [1.165, 1.54) is 58.1 Å². The molecule has 4 unspecified atom stereocenters. The number of aliphatic carboxylic acids is 1. The number of hydrogen-bond acceptors (Lipinski definition) is 18. The number of aliphatic hydroxyl groups excluding tert-OH is 2. The quantitative estimate of drug-likeness (QED) is 0.0399. The van der Waals surface area contributed by atoms with E-state index in [9.17, 15) is 37.8 Å². The molecule has 5 heterocycles. The Bertz CT molecular complexity index is 2410. The number of carboxylic acids is 1. The lowest BCUT2D eigenvalue weighted by Crippen LogP contribution is -2.40. The Hall–Kier alpha value is -5.96. The van der Waals surface area contributed by atoms with Gasteiger partial charge in [0.25, 0.3) is 5.91 Å². The van der Waals surface area contributed by atoms with Crippen molar-refractivity contribution in [1.29, 1.82) is 0 Å². The summed E-state index contributed by atoms with van der Waals surface area (Å²) in [6.45, 7) is 2.01. The third-order valence-electron chi connectivity index (χ3n) is 10.5. The number of thioether (sulfide) groups is 1. The van der Waals surface area contributed by atoms with Crippen molar-refractivity contribution in [3.63, 3.8) is 0 Å². The van der Waals surface area contributed by atoms with Gasteiger partial charge in [-0.3, -0.25) is 19.0 Å². The number of nitrogens with zero attached hydrogens (tertiary/aromatic N) is 9. The number of alkyl halides is 3. The van der Waals surface area contributed by atoms with Crippen molar-refractivity contribution in [3.8, 4) is 11.4 Å². The summed E-state index contributed by atoms with van der Waals surface area (Å²) in [6, 6.07) is 10.9. The van der Waals surface area contributed by atoms with Crippen LogP contribution in [0.5, 0.6) is 0 Å². The number of carboxylic acid groups (broad SMARTS) is 1. The van der Waals surface area contributed by atoms with Crippen LogP contribution < -0.4 is 27.2 Å². The number of benzene rings is 2. The van der Waals surface area contributed by atoms with Crippen LogP contribution in [0.3, 0.4) is 0 Å². The molecule has 64 heavy (non-hydrogen) atoms. The largest absolute Gasteiger partial charge is 0.480 e. The van der Waals surface area contributed by atoms with Crippen LogP contribution in [-0.2, 0) is 26.5 Å². The normalized spacial score (nSPS) is 19.6. The molecule has 2 aromatic carbocycles. The number of aryl methyl sites for hydroxylation is 1. The number of carbonyl (C=O) groups is 3. The van der Waals surface area contributed by atoms with Crippen LogP contribution in [0.4, 0.5) is 19.0 Å². The maximum atomic E-state index is 13.8. The molecule has 5 aromatic rings. The summed E-state index contributed by atoms with van der Waals surface area (Å²) in [6.07, 6.45) is -4.74. The van der Waals surface area contributed by atoms with Gasteiger partial charge in [0, 0.05) is 36.5 Å². The van der Waals surface area contributed by atoms with Crippen molar-refractivity contribution in [2.75, 3.05) is 36.5 Å². The number of nitrogens with two attached hydrogens (primary N) is 1. The Morgan fingerprint density at radius 3 is 2.36 bits per heavy atom. The average molecular weight is 911 g/mol. The Morgan fingerprint density at radius 1 is 0.984 bits per heavy atom. The number of hydrazine groups is 1. The zero-order chi connectivity index (χ0) is 45.6. The number of nitrogens with one attached hydrogen (secondary N) is 4. The lowest BCUT2D eigenvalue weighted by molar-refractivity contribution is -0.165. The minimum absolute atomic E-state index is 0.0000538. The molecule has 2 amide bonds. The third kappa shape index (κ3) is 10.5. The lowest BCUT2D eigenvalue weighted by Gasteiger charge is -2.23. The number of rotatable bonds is 20. The van der Waals surface area contributed by atoms with E-state index in [1.807, 2.05) is 0 Å². The molecule has 0 spiro atoms. The first-order chi connectivity index (χ1) is 30.6. The van der Waals surface area contributed by atoms with Gasteiger partial charge in [0.15, 0.2) is 29.0 Å².